The summed E-state index contributed by atoms with van der Waals surface area (Å²) in [5.41, 5.74) is 1.19. The van der Waals surface area contributed by atoms with Gasteiger partial charge in [0.05, 0.1) is 6.54 Å². The summed E-state index contributed by atoms with van der Waals surface area (Å²) in [4.78, 5) is 14.2. The van der Waals surface area contributed by atoms with E-state index in [1.807, 2.05) is 23.1 Å². The van der Waals surface area contributed by atoms with Gasteiger partial charge in [-0.3, -0.25) is 4.79 Å². The van der Waals surface area contributed by atoms with Crippen LogP contribution in [0.15, 0.2) is 30.3 Å². The molecule has 1 saturated carbocycles. The van der Waals surface area contributed by atoms with Gasteiger partial charge in [0.1, 0.15) is 0 Å². The van der Waals surface area contributed by atoms with Gasteiger partial charge in [-0.25, -0.2) is 0 Å². The molecule has 0 spiro atoms. The first-order chi connectivity index (χ1) is 9.16. The fourth-order valence-electron chi connectivity index (χ4n) is 2.15. The van der Waals surface area contributed by atoms with E-state index in [0.29, 0.717) is 13.1 Å². The van der Waals surface area contributed by atoms with E-state index in [0.717, 1.165) is 12.5 Å². The largest absolute Gasteiger partial charge is 0.335 e. The predicted octanol–water partition coefficient (Wildman–Crippen LogP) is 2.85. The first kappa shape index (κ1) is 17.0. The summed E-state index contributed by atoms with van der Waals surface area (Å²) in [5.74, 6) is 1.01. The van der Waals surface area contributed by atoms with Crippen molar-refractivity contribution in [3.8, 4) is 0 Å². The Morgan fingerprint density at radius 2 is 1.95 bits per heavy atom. The topological polar surface area (TPSA) is 32.3 Å². The molecule has 1 aromatic carbocycles. The fraction of sp³-hybridized carbons (Fsp3) is 0.562. The summed E-state index contributed by atoms with van der Waals surface area (Å²) in [5, 5.41) is 3.28. The van der Waals surface area contributed by atoms with Gasteiger partial charge in [-0.2, -0.15) is 0 Å². The Balaban J connectivity index is 0.00000200. The van der Waals surface area contributed by atoms with E-state index in [2.05, 4.69) is 31.3 Å². The van der Waals surface area contributed by atoms with Gasteiger partial charge in [-0.05, 0) is 44.7 Å². The van der Waals surface area contributed by atoms with Crippen molar-refractivity contribution in [3.63, 3.8) is 0 Å². The third-order valence-corrected chi connectivity index (χ3v) is 3.55. The second kappa shape index (κ2) is 8.28. The van der Waals surface area contributed by atoms with E-state index < -0.39 is 0 Å². The molecule has 3 nitrogen and oxygen atoms in total. The van der Waals surface area contributed by atoms with Crippen LogP contribution in [0.3, 0.4) is 0 Å². The number of nitrogens with zero attached hydrogens (tertiary/aromatic N) is 1. The average Bonchev–Trinajstić information content (AvgIpc) is 3.21. The number of benzene rings is 1. The summed E-state index contributed by atoms with van der Waals surface area (Å²) in [6.45, 7) is 6.29. The average molecular weight is 297 g/mol. The molecule has 0 aliphatic heterocycles. The Labute approximate surface area is 128 Å². The maximum atomic E-state index is 12.3. The standard InChI is InChI=1S/C16H24N2O.ClH/c1-13(2)18(12-15-6-4-3-5-7-15)16(19)11-17-10-14-8-9-14;/h3-7,13-14,17H,8-12H2,1-2H3;1H. The molecule has 1 aliphatic carbocycles. The molecule has 0 heterocycles. The van der Waals surface area contributed by atoms with Gasteiger partial charge in [0, 0.05) is 12.6 Å². The summed E-state index contributed by atoms with van der Waals surface area (Å²) >= 11 is 0. The maximum absolute atomic E-state index is 12.3. The molecule has 112 valence electrons. The number of carbonyl (C=O) groups excluding carboxylic acids is 1. The van der Waals surface area contributed by atoms with Crippen molar-refractivity contribution in [3.05, 3.63) is 35.9 Å². The highest BCUT2D eigenvalue weighted by molar-refractivity contribution is 5.85. The zero-order valence-corrected chi connectivity index (χ0v) is 13.2. The number of carbonyl (C=O) groups is 1. The number of nitrogens with one attached hydrogen (secondary N) is 1. The molecular formula is C16H25ClN2O. The van der Waals surface area contributed by atoms with Gasteiger partial charge < -0.3 is 10.2 Å². The second-order valence-electron chi connectivity index (χ2n) is 5.68. The molecule has 0 atom stereocenters. The highest BCUT2D eigenvalue weighted by atomic mass is 35.5. The lowest BCUT2D eigenvalue weighted by Gasteiger charge is -2.27. The maximum Gasteiger partial charge on any atom is 0.237 e. The van der Waals surface area contributed by atoms with Crippen LogP contribution in [0.2, 0.25) is 0 Å². The van der Waals surface area contributed by atoms with Crippen LogP contribution >= 0.6 is 12.4 Å². The zero-order chi connectivity index (χ0) is 13.7. The Morgan fingerprint density at radius 1 is 1.30 bits per heavy atom. The minimum atomic E-state index is 0. The monoisotopic (exact) mass is 296 g/mol. The van der Waals surface area contributed by atoms with Crippen molar-refractivity contribution < 1.29 is 4.79 Å². The van der Waals surface area contributed by atoms with Crippen LogP contribution in [0.5, 0.6) is 0 Å². The molecule has 4 heteroatoms. The molecule has 0 radical (unpaired) electrons. The quantitative estimate of drug-likeness (QED) is 0.839. The molecule has 1 fully saturated rings. The van der Waals surface area contributed by atoms with Crippen LogP contribution in [0.4, 0.5) is 0 Å². The highest BCUT2D eigenvalue weighted by Crippen LogP contribution is 2.27. The second-order valence-corrected chi connectivity index (χ2v) is 5.68. The molecule has 0 bridgehead atoms. The third kappa shape index (κ3) is 5.51. The van der Waals surface area contributed by atoms with Crippen LogP contribution in [-0.4, -0.2) is 29.9 Å². The van der Waals surface area contributed by atoms with E-state index in [9.17, 15) is 4.79 Å². The Hall–Kier alpha value is -1.06. The van der Waals surface area contributed by atoms with E-state index in [4.69, 9.17) is 0 Å². The van der Waals surface area contributed by atoms with Gasteiger partial charge in [0.15, 0.2) is 0 Å². The number of halogens is 1. The predicted molar refractivity (Wildman–Crippen MR) is 85.0 cm³/mol. The normalized spacial score (nSPS) is 13.9. The van der Waals surface area contributed by atoms with Crippen molar-refractivity contribution in [1.29, 1.82) is 0 Å². The molecule has 1 N–H and O–H groups in total. The number of hydrogen-bond acceptors (Lipinski definition) is 2. The molecule has 1 aliphatic rings. The molecule has 0 aromatic heterocycles. The van der Waals surface area contributed by atoms with Gasteiger partial charge >= 0.3 is 0 Å². The number of hydrogen-bond donors (Lipinski definition) is 1. The number of amides is 1. The summed E-state index contributed by atoms with van der Waals surface area (Å²) in [6.07, 6.45) is 2.64. The molecular weight excluding hydrogens is 272 g/mol. The summed E-state index contributed by atoms with van der Waals surface area (Å²) < 4.78 is 0. The summed E-state index contributed by atoms with van der Waals surface area (Å²) in [7, 11) is 0. The number of rotatable bonds is 7. The van der Waals surface area contributed by atoms with Gasteiger partial charge in [-0.15, -0.1) is 12.4 Å². The molecule has 2 rings (SSSR count). The lowest BCUT2D eigenvalue weighted by atomic mass is 10.2. The first-order valence-corrected chi connectivity index (χ1v) is 7.21. The van der Waals surface area contributed by atoms with Crippen LogP contribution in [0.25, 0.3) is 0 Å². The van der Waals surface area contributed by atoms with Gasteiger partial charge in [0.2, 0.25) is 5.91 Å². The molecule has 0 unspecified atom stereocenters. The van der Waals surface area contributed by atoms with Crippen molar-refractivity contribution in [1.82, 2.24) is 10.2 Å². The van der Waals surface area contributed by atoms with E-state index in [-0.39, 0.29) is 24.4 Å². The van der Waals surface area contributed by atoms with Crippen LogP contribution < -0.4 is 5.32 Å². The molecule has 1 aromatic rings. The summed E-state index contributed by atoms with van der Waals surface area (Å²) in [6, 6.07) is 10.4. The van der Waals surface area contributed by atoms with Crippen molar-refractivity contribution in [2.75, 3.05) is 13.1 Å². The van der Waals surface area contributed by atoms with Gasteiger partial charge in [-0.1, -0.05) is 30.3 Å². The lowest BCUT2D eigenvalue weighted by molar-refractivity contribution is -0.132. The Kier molecular flexibility index (Phi) is 7.03. The third-order valence-electron chi connectivity index (χ3n) is 3.55. The zero-order valence-electron chi connectivity index (χ0n) is 12.3. The molecule has 1 amide bonds. The van der Waals surface area contributed by atoms with Crippen LogP contribution in [-0.2, 0) is 11.3 Å². The van der Waals surface area contributed by atoms with Crippen LogP contribution in [0.1, 0.15) is 32.3 Å². The minimum Gasteiger partial charge on any atom is -0.335 e. The van der Waals surface area contributed by atoms with Crippen molar-refractivity contribution in [2.45, 2.75) is 39.3 Å². The Morgan fingerprint density at radius 3 is 2.50 bits per heavy atom. The highest BCUT2D eigenvalue weighted by Gasteiger charge is 2.22. The first-order valence-electron chi connectivity index (χ1n) is 7.21. The van der Waals surface area contributed by atoms with Crippen LogP contribution in [0, 0.1) is 5.92 Å². The van der Waals surface area contributed by atoms with E-state index in [1.54, 1.807) is 0 Å². The molecule has 0 saturated heterocycles. The van der Waals surface area contributed by atoms with Crippen molar-refractivity contribution in [2.24, 2.45) is 5.92 Å². The minimum absolute atomic E-state index is 0. The Bertz CT molecular complexity index is 404. The lowest BCUT2D eigenvalue weighted by Crippen LogP contribution is -2.42. The molecule has 20 heavy (non-hydrogen) atoms. The smallest absolute Gasteiger partial charge is 0.237 e. The SMILES string of the molecule is CC(C)N(Cc1ccccc1)C(=O)CNCC1CC1.Cl. The fourth-order valence-corrected chi connectivity index (χ4v) is 2.15. The van der Waals surface area contributed by atoms with Gasteiger partial charge in [0.25, 0.3) is 0 Å². The van der Waals surface area contributed by atoms with Crippen molar-refractivity contribution >= 4 is 18.3 Å². The van der Waals surface area contributed by atoms with E-state index >= 15 is 0 Å². The van der Waals surface area contributed by atoms with E-state index in [1.165, 1.54) is 18.4 Å².